The summed E-state index contributed by atoms with van der Waals surface area (Å²) < 4.78 is 5.66. The van der Waals surface area contributed by atoms with Crippen LogP contribution in [0.1, 0.15) is 35.1 Å². The van der Waals surface area contributed by atoms with E-state index in [1.807, 2.05) is 30.9 Å². The molecule has 1 fully saturated rings. The topological polar surface area (TPSA) is 55.3 Å². The van der Waals surface area contributed by atoms with Gasteiger partial charge in [-0.15, -0.1) is 11.3 Å². The first-order valence-corrected chi connectivity index (χ1v) is 8.79. The number of carbonyl (C=O) groups is 1. The van der Waals surface area contributed by atoms with Crippen molar-refractivity contribution in [1.29, 1.82) is 0 Å². The van der Waals surface area contributed by atoms with Crippen LogP contribution >= 0.6 is 11.3 Å². The molecule has 1 aliphatic heterocycles. The van der Waals surface area contributed by atoms with E-state index in [0.717, 1.165) is 35.7 Å². The third-order valence-corrected chi connectivity index (χ3v) is 5.21. The molecule has 0 aromatic carbocycles. The average Bonchev–Trinajstić information content (AvgIpc) is 3.22. The lowest BCUT2D eigenvalue weighted by atomic mass is 10.2. The van der Waals surface area contributed by atoms with Gasteiger partial charge in [-0.3, -0.25) is 9.78 Å². The number of nitrogens with zero attached hydrogens (tertiary/aromatic N) is 3. The molecular weight excluding hydrogens is 310 g/mol. The van der Waals surface area contributed by atoms with Gasteiger partial charge in [-0.1, -0.05) is 0 Å². The van der Waals surface area contributed by atoms with Crippen molar-refractivity contribution in [3.05, 3.63) is 35.1 Å². The molecule has 0 radical (unpaired) electrons. The molecule has 1 atom stereocenters. The van der Waals surface area contributed by atoms with E-state index >= 15 is 0 Å². The molecule has 1 amide bonds. The Morgan fingerprint density at radius 1 is 1.52 bits per heavy atom. The molecule has 1 aliphatic rings. The third-order valence-electron chi connectivity index (χ3n) is 4.02. The lowest BCUT2D eigenvalue weighted by molar-refractivity contribution is 0.0542. The smallest absolute Gasteiger partial charge is 0.265 e. The summed E-state index contributed by atoms with van der Waals surface area (Å²) in [5, 5.41) is 0.840. The van der Waals surface area contributed by atoms with Crippen LogP contribution in [0, 0.1) is 6.92 Å². The molecular formula is C17H21N3O2S. The molecule has 0 saturated carbocycles. The Morgan fingerprint density at radius 2 is 2.39 bits per heavy atom. The molecule has 3 rings (SSSR count). The Hall–Kier alpha value is -1.79. The molecule has 1 unspecified atom stereocenters. The third kappa shape index (κ3) is 3.59. The van der Waals surface area contributed by atoms with Gasteiger partial charge in [0.1, 0.15) is 9.88 Å². The summed E-state index contributed by atoms with van der Waals surface area (Å²) >= 11 is 1.44. The van der Waals surface area contributed by atoms with E-state index in [-0.39, 0.29) is 12.0 Å². The van der Waals surface area contributed by atoms with Crippen molar-refractivity contribution in [2.24, 2.45) is 0 Å². The number of carbonyl (C=O) groups excluding carboxylic acids is 1. The van der Waals surface area contributed by atoms with Gasteiger partial charge in [-0.2, -0.15) is 0 Å². The Labute approximate surface area is 140 Å². The summed E-state index contributed by atoms with van der Waals surface area (Å²) in [6, 6.07) is 3.84. The largest absolute Gasteiger partial charge is 0.376 e. The predicted octanol–water partition coefficient (Wildman–Crippen LogP) is 3.15. The second-order valence-corrected chi connectivity index (χ2v) is 6.65. The van der Waals surface area contributed by atoms with Crippen LogP contribution in [0.2, 0.25) is 0 Å². The molecule has 1 saturated heterocycles. The van der Waals surface area contributed by atoms with E-state index in [1.54, 1.807) is 12.4 Å². The lowest BCUT2D eigenvalue weighted by Crippen LogP contribution is -2.37. The van der Waals surface area contributed by atoms with Gasteiger partial charge in [-0.05, 0) is 38.8 Å². The van der Waals surface area contributed by atoms with Crippen molar-refractivity contribution in [1.82, 2.24) is 14.9 Å². The maximum absolute atomic E-state index is 12.9. The first kappa shape index (κ1) is 16.1. The van der Waals surface area contributed by atoms with Crippen molar-refractivity contribution in [3.8, 4) is 10.6 Å². The number of pyridine rings is 1. The summed E-state index contributed by atoms with van der Waals surface area (Å²) in [7, 11) is 0. The van der Waals surface area contributed by atoms with Crippen LogP contribution in [-0.4, -0.2) is 46.6 Å². The number of thiazole rings is 1. The Kier molecular flexibility index (Phi) is 5.03. The first-order valence-electron chi connectivity index (χ1n) is 7.97. The SMILES string of the molecule is CCN(CC1CCCO1)C(=O)c1sc(-c2cccnc2)nc1C. The number of likely N-dealkylation sites (N-methyl/N-ethyl adjacent to an activating group) is 1. The quantitative estimate of drug-likeness (QED) is 0.844. The minimum absolute atomic E-state index is 0.0492. The zero-order valence-corrected chi connectivity index (χ0v) is 14.3. The fourth-order valence-corrected chi connectivity index (χ4v) is 3.77. The highest BCUT2D eigenvalue weighted by Gasteiger charge is 2.25. The number of hydrogen-bond donors (Lipinski definition) is 0. The second kappa shape index (κ2) is 7.19. The standard InChI is InChI=1S/C17H21N3O2S/c1-3-20(11-14-7-5-9-22-14)17(21)15-12(2)19-16(23-15)13-6-4-8-18-10-13/h4,6,8,10,14H,3,5,7,9,11H2,1-2H3. The number of rotatable bonds is 5. The molecule has 2 aromatic rings. The zero-order valence-electron chi connectivity index (χ0n) is 13.5. The van der Waals surface area contributed by atoms with Crippen molar-refractivity contribution in [2.75, 3.05) is 19.7 Å². The second-order valence-electron chi connectivity index (χ2n) is 5.65. The Balaban J connectivity index is 1.79. The van der Waals surface area contributed by atoms with Crippen LogP contribution in [0.4, 0.5) is 0 Å². The van der Waals surface area contributed by atoms with Gasteiger partial charge in [0, 0.05) is 37.7 Å². The molecule has 3 heterocycles. The number of aryl methyl sites for hydroxylation is 1. The van der Waals surface area contributed by atoms with E-state index in [2.05, 4.69) is 9.97 Å². The Bertz CT molecular complexity index is 666. The highest BCUT2D eigenvalue weighted by atomic mass is 32.1. The maximum Gasteiger partial charge on any atom is 0.265 e. The number of aromatic nitrogens is 2. The average molecular weight is 331 g/mol. The highest BCUT2D eigenvalue weighted by Crippen LogP contribution is 2.28. The van der Waals surface area contributed by atoms with Crippen LogP contribution in [0.5, 0.6) is 0 Å². The van der Waals surface area contributed by atoms with Gasteiger partial charge in [0.05, 0.1) is 11.8 Å². The molecule has 0 aliphatic carbocycles. The number of hydrogen-bond acceptors (Lipinski definition) is 5. The van der Waals surface area contributed by atoms with Gasteiger partial charge in [0.15, 0.2) is 0 Å². The summed E-state index contributed by atoms with van der Waals surface area (Å²) in [5.41, 5.74) is 1.73. The molecule has 0 spiro atoms. The minimum atomic E-state index is 0.0492. The predicted molar refractivity (Wildman–Crippen MR) is 90.6 cm³/mol. The van der Waals surface area contributed by atoms with Gasteiger partial charge in [0.2, 0.25) is 0 Å². The van der Waals surface area contributed by atoms with E-state index in [1.165, 1.54) is 11.3 Å². The van der Waals surface area contributed by atoms with E-state index in [9.17, 15) is 4.79 Å². The van der Waals surface area contributed by atoms with Crippen molar-refractivity contribution < 1.29 is 9.53 Å². The highest BCUT2D eigenvalue weighted by molar-refractivity contribution is 7.17. The molecule has 122 valence electrons. The van der Waals surface area contributed by atoms with Gasteiger partial charge < -0.3 is 9.64 Å². The monoisotopic (exact) mass is 331 g/mol. The van der Waals surface area contributed by atoms with Crippen molar-refractivity contribution in [3.63, 3.8) is 0 Å². The lowest BCUT2D eigenvalue weighted by Gasteiger charge is -2.23. The minimum Gasteiger partial charge on any atom is -0.376 e. The van der Waals surface area contributed by atoms with Crippen LogP contribution in [0.15, 0.2) is 24.5 Å². The summed E-state index contributed by atoms with van der Waals surface area (Å²) in [6.45, 7) is 6.04. The van der Waals surface area contributed by atoms with E-state index < -0.39 is 0 Å². The molecule has 0 bridgehead atoms. The molecule has 6 heteroatoms. The van der Waals surface area contributed by atoms with Crippen LogP contribution in [0.25, 0.3) is 10.6 Å². The van der Waals surface area contributed by atoms with E-state index in [4.69, 9.17) is 4.74 Å². The number of amides is 1. The summed E-state index contributed by atoms with van der Waals surface area (Å²) in [6.07, 6.45) is 5.80. The van der Waals surface area contributed by atoms with Gasteiger partial charge >= 0.3 is 0 Å². The molecule has 23 heavy (non-hydrogen) atoms. The zero-order chi connectivity index (χ0) is 16.2. The van der Waals surface area contributed by atoms with Crippen molar-refractivity contribution in [2.45, 2.75) is 32.8 Å². The van der Waals surface area contributed by atoms with Crippen LogP contribution < -0.4 is 0 Å². The fraction of sp³-hybridized carbons (Fsp3) is 0.471. The fourth-order valence-electron chi connectivity index (χ4n) is 2.74. The van der Waals surface area contributed by atoms with Crippen LogP contribution in [-0.2, 0) is 4.74 Å². The normalized spacial score (nSPS) is 17.4. The van der Waals surface area contributed by atoms with E-state index in [0.29, 0.717) is 18.0 Å². The molecule has 0 N–H and O–H groups in total. The van der Waals surface area contributed by atoms with Gasteiger partial charge in [0.25, 0.3) is 5.91 Å². The number of ether oxygens (including phenoxy) is 1. The maximum atomic E-state index is 12.9. The molecule has 5 nitrogen and oxygen atoms in total. The summed E-state index contributed by atoms with van der Waals surface area (Å²) in [4.78, 5) is 24.1. The van der Waals surface area contributed by atoms with Crippen LogP contribution in [0.3, 0.4) is 0 Å². The Morgan fingerprint density at radius 3 is 3.04 bits per heavy atom. The van der Waals surface area contributed by atoms with Gasteiger partial charge in [-0.25, -0.2) is 4.98 Å². The summed E-state index contributed by atoms with van der Waals surface area (Å²) in [5.74, 6) is 0.0492. The first-order chi connectivity index (χ1) is 11.2. The molecule has 2 aromatic heterocycles. The van der Waals surface area contributed by atoms with Crippen molar-refractivity contribution >= 4 is 17.2 Å².